The Morgan fingerprint density at radius 3 is 2.22 bits per heavy atom. The molecule has 1 heteroatoms. The summed E-state index contributed by atoms with van der Waals surface area (Å²) in [6.07, 6.45) is 2.87. The van der Waals surface area contributed by atoms with Gasteiger partial charge in [0.1, 0.15) is 0 Å². The van der Waals surface area contributed by atoms with Crippen LogP contribution in [0.5, 0.6) is 0 Å². The Morgan fingerprint density at radius 1 is 1.67 bits per heavy atom. The summed E-state index contributed by atoms with van der Waals surface area (Å²) in [4.78, 5) is 0. The Morgan fingerprint density at radius 2 is 2.11 bits per heavy atom. The Kier molecular flexibility index (Phi) is 1.38. The van der Waals surface area contributed by atoms with Gasteiger partial charge in [-0.3, -0.25) is 0 Å². The summed E-state index contributed by atoms with van der Waals surface area (Å²) < 4.78 is 12.2. The molecule has 0 radical (unpaired) electrons. The third-order valence-electron chi connectivity index (χ3n) is 2.02. The lowest BCUT2D eigenvalue weighted by molar-refractivity contribution is 0.585. The lowest BCUT2D eigenvalue weighted by Gasteiger charge is -1.95. The van der Waals surface area contributed by atoms with E-state index in [0.29, 0.717) is 11.3 Å². The first-order chi connectivity index (χ1) is 4.02. The summed E-state index contributed by atoms with van der Waals surface area (Å²) in [5.74, 6) is 0.466. The number of hydrogen-bond acceptors (Lipinski definition) is 0. The molecule has 0 nitrogen and oxygen atoms in total. The van der Waals surface area contributed by atoms with E-state index in [9.17, 15) is 4.39 Å². The maximum absolute atomic E-state index is 12.2. The van der Waals surface area contributed by atoms with E-state index >= 15 is 0 Å². The van der Waals surface area contributed by atoms with Crippen molar-refractivity contribution in [1.82, 2.24) is 0 Å². The maximum Gasteiger partial charge on any atom is 0.0931 e. The molecule has 0 aromatic carbocycles. The largest absolute Gasteiger partial charge is 0.212 e. The summed E-state index contributed by atoms with van der Waals surface area (Å²) in [6.45, 7) is 5.84. The molecule has 0 aromatic rings. The van der Waals surface area contributed by atoms with E-state index in [1.165, 1.54) is 6.92 Å². The second-order valence-electron chi connectivity index (χ2n) is 3.55. The first kappa shape index (κ1) is 6.79. The molecule has 1 saturated carbocycles. The summed E-state index contributed by atoms with van der Waals surface area (Å²) in [7, 11) is 0. The molecule has 1 fully saturated rings. The number of hydrogen-bond donors (Lipinski definition) is 0. The minimum Gasteiger partial charge on any atom is -0.212 e. The molecule has 1 atom stereocenters. The minimum absolute atomic E-state index is 0.0365. The van der Waals surface area contributed by atoms with Crippen molar-refractivity contribution in [3.05, 3.63) is 11.9 Å². The summed E-state index contributed by atoms with van der Waals surface area (Å²) in [6, 6.07) is 0. The second kappa shape index (κ2) is 1.83. The normalized spacial score (nSPS) is 32.4. The number of allylic oxidation sites excluding steroid dienone is 2. The van der Waals surface area contributed by atoms with E-state index in [-0.39, 0.29) is 5.83 Å². The van der Waals surface area contributed by atoms with Gasteiger partial charge in [-0.25, -0.2) is 4.39 Å². The molecule has 52 valence electrons. The molecule has 0 aliphatic heterocycles. The molecule has 0 bridgehead atoms. The summed E-state index contributed by atoms with van der Waals surface area (Å²) in [5.41, 5.74) is 0.382. The molecular weight excluding hydrogens is 115 g/mol. The lowest BCUT2D eigenvalue weighted by atomic mass is 10.1. The fraction of sp³-hybridized carbons (Fsp3) is 0.750. The van der Waals surface area contributed by atoms with Crippen LogP contribution in [0.25, 0.3) is 0 Å². The van der Waals surface area contributed by atoms with Crippen molar-refractivity contribution in [2.45, 2.75) is 27.2 Å². The number of halogens is 1. The maximum atomic E-state index is 12.2. The van der Waals surface area contributed by atoms with Crippen LogP contribution in [0.3, 0.4) is 0 Å². The Hall–Kier alpha value is -0.330. The standard InChI is InChI=1S/C8H13F/c1-6(9)4-7-5-8(7,2)3/h4,7H,5H2,1-3H3/b6-4-. The average Bonchev–Trinajstić information content (AvgIpc) is 2.10. The van der Waals surface area contributed by atoms with Crippen molar-refractivity contribution < 1.29 is 4.39 Å². The van der Waals surface area contributed by atoms with E-state index in [1.807, 2.05) is 0 Å². The predicted octanol–water partition coefficient (Wildman–Crippen LogP) is 2.91. The van der Waals surface area contributed by atoms with Gasteiger partial charge in [0.25, 0.3) is 0 Å². The van der Waals surface area contributed by atoms with E-state index < -0.39 is 0 Å². The molecule has 0 amide bonds. The SMILES string of the molecule is C/C(F)=C/C1CC1(C)C. The van der Waals surface area contributed by atoms with Gasteiger partial charge in [-0.05, 0) is 30.8 Å². The molecule has 1 aliphatic rings. The highest BCUT2D eigenvalue weighted by atomic mass is 19.1. The Bertz CT molecular complexity index is 141. The Labute approximate surface area is 55.8 Å². The van der Waals surface area contributed by atoms with Gasteiger partial charge in [-0.2, -0.15) is 0 Å². The quantitative estimate of drug-likeness (QED) is 0.509. The number of rotatable bonds is 1. The summed E-state index contributed by atoms with van der Waals surface area (Å²) >= 11 is 0. The van der Waals surface area contributed by atoms with Gasteiger partial charge in [-0.15, -0.1) is 0 Å². The van der Waals surface area contributed by atoms with Gasteiger partial charge < -0.3 is 0 Å². The second-order valence-corrected chi connectivity index (χ2v) is 3.55. The zero-order valence-electron chi connectivity index (χ0n) is 6.24. The van der Waals surface area contributed by atoms with Gasteiger partial charge in [0.05, 0.1) is 5.83 Å². The van der Waals surface area contributed by atoms with Crippen molar-refractivity contribution in [2.24, 2.45) is 11.3 Å². The first-order valence-electron chi connectivity index (χ1n) is 3.36. The molecule has 0 spiro atoms. The van der Waals surface area contributed by atoms with Gasteiger partial charge in [0.2, 0.25) is 0 Å². The average molecular weight is 128 g/mol. The van der Waals surface area contributed by atoms with Crippen LogP contribution in [-0.4, -0.2) is 0 Å². The Balaban J connectivity index is 2.45. The zero-order chi connectivity index (χ0) is 7.07. The highest BCUT2D eigenvalue weighted by molar-refractivity contribution is 5.09. The summed E-state index contributed by atoms with van der Waals surface area (Å²) in [5, 5.41) is 0. The molecular formula is C8H13F. The lowest BCUT2D eigenvalue weighted by Crippen LogP contribution is -1.85. The van der Waals surface area contributed by atoms with Crippen molar-refractivity contribution in [1.29, 1.82) is 0 Å². The van der Waals surface area contributed by atoms with Crippen LogP contribution < -0.4 is 0 Å². The van der Waals surface area contributed by atoms with Crippen molar-refractivity contribution >= 4 is 0 Å². The van der Waals surface area contributed by atoms with Crippen LogP contribution in [0.4, 0.5) is 4.39 Å². The van der Waals surface area contributed by atoms with Crippen LogP contribution in [0.15, 0.2) is 11.9 Å². The predicted molar refractivity (Wildman–Crippen MR) is 36.8 cm³/mol. The topological polar surface area (TPSA) is 0 Å². The fourth-order valence-electron chi connectivity index (χ4n) is 1.07. The van der Waals surface area contributed by atoms with Gasteiger partial charge in [0.15, 0.2) is 0 Å². The molecule has 1 rings (SSSR count). The van der Waals surface area contributed by atoms with E-state index in [4.69, 9.17) is 0 Å². The molecule has 9 heavy (non-hydrogen) atoms. The van der Waals surface area contributed by atoms with Crippen molar-refractivity contribution in [3.8, 4) is 0 Å². The third kappa shape index (κ3) is 1.54. The molecule has 0 aromatic heterocycles. The van der Waals surface area contributed by atoms with Gasteiger partial charge >= 0.3 is 0 Å². The van der Waals surface area contributed by atoms with E-state index in [0.717, 1.165) is 6.42 Å². The van der Waals surface area contributed by atoms with E-state index in [1.54, 1.807) is 6.08 Å². The third-order valence-corrected chi connectivity index (χ3v) is 2.02. The molecule has 0 N–H and O–H groups in total. The minimum atomic E-state index is -0.0365. The molecule has 0 heterocycles. The molecule has 0 saturated heterocycles. The van der Waals surface area contributed by atoms with Crippen molar-refractivity contribution in [2.75, 3.05) is 0 Å². The van der Waals surface area contributed by atoms with Crippen LogP contribution in [-0.2, 0) is 0 Å². The molecule has 1 unspecified atom stereocenters. The van der Waals surface area contributed by atoms with Gasteiger partial charge in [0, 0.05) is 0 Å². The highest BCUT2D eigenvalue weighted by Crippen LogP contribution is 2.52. The molecule has 1 aliphatic carbocycles. The van der Waals surface area contributed by atoms with Crippen LogP contribution in [0.2, 0.25) is 0 Å². The van der Waals surface area contributed by atoms with Crippen LogP contribution >= 0.6 is 0 Å². The van der Waals surface area contributed by atoms with Gasteiger partial charge in [-0.1, -0.05) is 13.8 Å². The smallest absolute Gasteiger partial charge is 0.0931 e. The van der Waals surface area contributed by atoms with Crippen molar-refractivity contribution in [3.63, 3.8) is 0 Å². The van der Waals surface area contributed by atoms with Crippen LogP contribution in [0, 0.1) is 11.3 Å². The zero-order valence-corrected chi connectivity index (χ0v) is 6.24. The monoisotopic (exact) mass is 128 g/mol. The highest BCUT2D eigenvalue weighted by Gasteiger charge is 2.43. The van der Waals surface area contributed by atoms with E-state index in [2.05, 4.69) is 13.8 Å². The van der Waals surface area contributed by atoms with Crippen LogP contribution in [0.1, 0.15) is 27.2 Å². The first-order valence-corrected chi connectivity index (χ1v) is 3.36. The fourth-order valence-corrected chi connectivity index (χ4v) is 1.07.